The van der Waals surface area contributed by atoms with Crippen LogP contribution in [0.2, 0.25) is 5.02 Å². The molecule has 0 unspecified atom stereocenters. The molecule has 1 amide bonds. The van der Waals surface area contributed by atoms with Gasteiger partial charge in [-0.3, -0.25) is 4.79 Å². The summed E-state index contributed by atoms with van der Waals surface area (Å²) in [6.45, 7) is 4.72. The van der Waals surface area contributed by atoms with Gasteiger partial charge in [-0.1, -0.05) is 23.2 Å². The molecular weight excluding hydrogens is 352 g/mol. The standard InChI is InChI=1S/C16H16BrClN2O/c1-3-19-14-6-4-10(2)8-12(14)16(21)20-15-7-5-11(18)9-13(15)17/h4-9,19H,3H2,1-2H3,(H,20,21). The Kier molecular flexibility index (Phi) is 5.26. The normalized spacial score (nSPS) is 10.3. The minimum absolute atomic E-state index is 0.155. The third-order valence-corrected chi connectivity index (χ3v) is 3.86. The summed E-state index contributed by atoms with van der Waals surface area (Å²) in [5.41, 5.74) is 3.18. The van der Waals surface area contributed by atoms with Crippen molar-refractivity contribution in [2.45, 2.75) is 13.8 Å². The quantitative estimate of drug-likeness (QED) is 0.790. The smallest absolute Gasteiger partial charge is 0.257 e. The molecule has 0 fully saturated rings. The number of carbonyl (C=O) groups excluding carboxylic acids is 1. The highest BCUT2D eigenvalue weighted by Crippen LogP contribution is 2.27. The van der Waals surface area contributed by atoms with Gasteiger partial charge in [0.2, 0.25) is 0 Å². The van der Waals surface area contributed by atoms with Gasteiger partial charge >= 0.3 is 0 Å². The molecule has 2 N–H and O–H groups in total. The number of halogens is 2. The third-order valence-electron chi connectivity index (χ3n) is 2.97. The van der Waals surface area contributed by atoms with Crippen LogP contribution < -0.4 is 10.6 Å². The van der Waals surface area contributed by atoms with Crippen molar-refractivity contribution in [3.05, 3.63) is 57.0 Å². The van der Waals surface area contributed by atoms with E-state index in [-0.39, 0.29) is 5.91 Å². The number of hydrogen-bond donors (Lipinski definition) is 2. The van der Waals surface area contributed by atoms with Gasteiger partial charge in [0, 0.05) is 21.7 Å². The van der Waals surface area contributed by atoms with Gasteiger partial charge in [-0.15, -0.1) is 0 Å². The average Bonchev–Trinajstić information content (AvgIpc) is 2.44. The van der Waals surface area contributed by atoms with Gasteiger partial charge in [-0.25, -0.2) is 0 Å². The van der Waals surface area contributed by atoms with Gasteiger partial charge in [0.15, 0.2) is 0 Å². The van der Waals surface area contributed by atoms with Gasteiger partial charge in [-0.2, -0.15) is 0 Å². The van der Waals surface area contributed by atoms with Crippen LogP contribution in [-0.2, 0) is 0 Å². The molecule has 2 rings (SSSR count). The molecule has 0 saturated heterocycles. The van der Waals surface area contributed by atoms with E-state index in [1.807, 2.05) is 32.0 Å². The van der Waals surface area contributed by atoms with E-state index < -0.39 is 0 Å². The zero-order valence-electron chi connectivity index (χ0n) is 11.8. The van der Waals surface area contributed by atoms with E-state index in [1.54, 1.807) is 18.2 Å². The van der Waals surface area contributed by atoms with Crippen molar-refractivity contribution in [3.8, 4) is 0 Å². The lowest BCUT2D eigenvalue weighted by molar-refractivity contribution is 0.102. The van der Waals surface area contributed by atoms with Crippen LogP contribution in [0.25, 0.3) is 0 Å². The Hall–Kier alpha value is -1.52. The van der Waals surface area contributed by atoms with E-state index in [9.17, 15) is 4.79 Å². The number of benzene rings is 2. The molecule has 0 spiro atoms. The first-order chi connectivity index (χ1) is 10.0. The number of rotatable bonds is 4. The van der Waals surface area contributed by atoms with E-state index in [4.69, 9.17) is 11.6 Å². The van der Waals surface area contributed by atoms with Crippen molar-refractivity contribution in [1.82, 2.24) is 0 Å². The number of amides is 1. The Balaban J connectivity index is 2.29. The fraction of sp³-hybridized carbons (Fsp3) is 0.188. The maximum absolute atomic E-state index is 12.5. The summed E-state index contributed by atoms with van der Waals surface area (Å²) < 4.78 is 0.751. The summed E-state index contributed by atoms with van der Waals surface area (Å²) >= 11 is 9.30. The molecule has 0 radical (unpaired) electrons. The van der Waals surface area contributed by atoms with Crippen LogP contribution in [0.15, 0.2) is 40.9 Å². The largest absolute Gasteiger partial charge is 0.385 e. The maximum atomic E-state index is 12.5. The Morgan fingerprint density at radius 3 is 2.57 bits per heavy atom. The van der Waals surface area contributed by atoms with Crippen molar-refractivity contribution < 1.29 is 4.79 Å². The number of aryl methyl sites for hydroxylation is 1. The monoisotopic (exact) mass is 366 g/mol. The van der Waals surface area contributed by atoms with Gasteiger partial charge < -0.3 is 10.6 Å². The van der Waals surface area contributed by atoms with Gasteiger partial charge in [-0.05, 0) is 60.1 Å². The predicted octanol–water partition coefficient (Wildman–Crippen LogP) is 5.10. The minimum atomic E-state index is -0.155. The summed E-state index contributed by atoms with van der Waals surface area (Å²) in [6.07, 6.45) is 0. The van der Waals surface area contributed by atoms with E-state index >= 15 is 0 Å². The topological polar surface area (TPSA) is 41.1 Å². The van der Waals surface area contributed by atoms with E-state index in [0.717, 1.165) is 22.3 Å². The van der Waals surface area contributed by atoms with Crippen LogP contribution in [0.5, 0.6) is 0 Å². The van der Waals surface area contributed by atoms with E-state index in [0.29, 0.717) is 16.3 Å². The molecule has 0 aromatic heterocycles. The summed E-state index contributed by atoms with van der Waals surface area (Å²) in [7, 11) is 0. The summed E-state index contributed by atoms with van der Waals surface area (Å²) in [5.74, 6) is -0.155. The highest BCUT2D eigenvalue weighted by Gasteiger charge is 2.13. The molecule has 110 valence electrons. The van der Waals surface area contributed by atoms with Crippen LogP contribution in [0, 0.1) is 6.92 Å². The van der Waals surface area contributed by atoms with Crippen LogP contribution >= 0.6 is 27.5 Å². The molecule has 0 heterocycles. The number of nitrogens with one attached hydrogen (secondary N) is 2. The molecule has 0 atom stereocenters. The number of hydrogen-bond acceptors (Lipinski definition) is 2. The van der Waals surface area contributed by atoms with Crippen LogP contribution in [0.1, 0.15) is 22.8 Å². The minimum Gasteiger partial charge on any atom is -0.385 e. The second-order valence-corrected chi connectivity index (χ2v) is 5.95. The first-order valence-electron chi connectivity index (χ1n) is 6.62. The number of carbonyl (C=O) groups is 1. The molecule has 0 aliphatic carbocycles. The number of anilines is 2. The Morgan fingerprint density at radius 2 is 1.90 bits per heavy atom. The lowest BCUT2D eigenvalue weighted by atomic mass is 10.1. The molecule has 0 aliphatic rings. The fourth-order valence-corrected chi connectivity index (χ4v) is 2.75. The third kappa shape index (κ3) is 3.99. The van der Waals surface area contributed by atoms with Crippen molar-refractivity contribution in [3.63, 3.8) is 0 Å². The molecular formula is C16H16BrClN2O. The van der Waals surface area contributed by atoms with Crippen LogP contribution in [0.4, 0.5) is 11.4 Å². The lowest BCUT2D eigenvalue weighted by Crippen LogP contribution is -2.15. The Bertz CT molecular complexity index is 673. The molecule has 0 saturated carbocycles. The highest BCUT2D eigenvalue weighted by molar-refractivity contribution is 9.10. The molecule has 5 heteroatoms. The van der Waals surface area contributed by atoms with Gasteiger partial charge in [0.25, 0.3) is 5.91 Å². The first-order valence-corrected chi connectivity index (χ1v) is 7.79. The van der Waals surface area contributed by atoms with Crippen molar-refractivity contribution in [2.24, 2.45) is 0 Å². The summed E-state index contributed by atoms with van der Waals surface area (Å²) in [4.78, 5) is 12.5. The Morgan fingerprint density at radius 1 is 1.19 bits per heavy atom. The molecule has 3 nitrogen and oxygen atoms in total. The maximum Gasteiger partial charge on any atom is 0.257 e. The van der Waals surface area contributed by atoms with Crippen molar-refractivity contribution in [1.29, 1.82) is 0 Å². The van der Waals surface area contributed by atoms with E-state index in [1.165, 1.54) is 0 Å². The second-order valence-electron chi connectivity index (χ2n) is 4.66. The highest BCUT2D eigenvalue weighted by atomic mass is 79.9. The average molecular weight is 368 g/mol. The fourth-order valence-electron chi connectivity index (χ4n) is 1.97. The molecule has 0 bridgehead atoms. The summed E-state index contributed by atoms with van der Waals surface area (Å²) in [5, 5.41) is 6.71. The molecule has 2 aromatic carbocycles. The Labute approximate surface area is 137 Å². The second kappa shape index (κ2) is 6.96. The SMILES string of the molecule is CCNc1ccc(C)cc1C(=O)Nc1ccc(Cl)cc1Br. The van der Waals surface area contributed by atoms with Crippen molar-refractivity contribution in [2.75, 3.05) is 17.2 Å². The summed E-state index contributed by atoms with van der Waals surface area (Å²) in [6, 6.07) is 11.0. The van der Waals surface area contributed by atoms with E-state index in [2.05, 4.69) is 26.6 Å². The van der Waals surface area contributed by atoms with Gasteiger partial charge in [0.05, 0.1) is 11.3 Å². The van der Waals surface area contributed by atoms with Crippen molar-refractivity contribution >= 4 is 44.8 Å². The zero-order chi connectivity index (χ0) is 15.4. The predicted molar refractivity (Wildman–Crippen MR) is 92.4 cm³/mol. The molecule has 0 aliphatic heterocycles. The zero-order valence-corrected chi connectivity index (χ0v) is 14.2. The molecule has 2 aromatic rings. The molecule has 21 heavy (non-hydrogen) atoms. The lowest BCUT2D eigenvalue weighted by Gasteiger charge is -2.13. The van der Waals surface area contributed by atoms with Gasteiger partial charge in [0.1, 0.15) is 0 Å². The van der Waals surface area contributed by atoms with Crippen LogP contribution in [0.3, 0.4) is 0 Å². The van der Waals surface area contributed by atoms with Crippen LogP contribution in [-0.4, -0.2) is 12.5 Å². The first kappa shape index (κ1) is 15.9.